The lowest BCUT2D eigenvalue weighted by molar-refractivity contribution is -0.122. The van der Waals surface area contributed by atoms with Crippen molar-refractivity contribution in [2.45, 2.75) is 13.0 Å². The number of amidine groups is 1. The molecular formula is C12H16FN3O3. The molecule has 0 heterocycles. The van der Waals surface area contributed by atoms with E-state index in [2.05, 4.69) is 10.5 Å². The van der Waals surface area contributed by atoms with Gasteiger partial charge in [-0.1, -0.05) is 17.3 Å². The minimum Gasteiger partial charge on any atom is -0.409 e. The molecule has 0 saturated heterocycles. The second kappa shape index (κ2) is 7.32. The molecule has 0 fully saturated rings. The van der Waals surface area contributed by atoms with E-state index in [0.29, 0.717) is 12.2 Å². The lowest BCUT2D eigenvalue weighted by Crippen LogP contribution is -2.24. The maximum absolute atomic E-state index is 13.7. The van der Waals surface area contributed by atoms with Crippen molar-refractivity contribution in [1.82, 2.24) is 5.32 Å². The first kappa shape index (κ1) is 14.9. The van der Waals surface area contributed by atoms with Crippen molar-refractivity contribution in [3.63, 3.8) is 0 Å². The van der Waals surface area contributed by atoms with Gasteiger partial charge in [-0.2, -0.15) is 0 Å². The first-order valence-corrected chi connectivity index (χ1v) is 5.60. The fourth-order valence-corrected chi connectivity index (χ4v) is 1.38. The molecule has 0 radical (unpaired) electrons. The zero-order chi connectivity index (χ0) is 14.3. The van der Waals surface area contributed by atoms with Gasteiger partial charge in [-0.15, -0.1) is 0 Å². The summed E-state index contributed by atoms with van der Waals surface area (Å²) in [5, 5.41) is 13.8. The third-order valence-corrected chi connectivity index (χ3v) is 2.47. The van der Waals surface area contributed by atoms with Crippen LogP contribution >= 0.6 is 0 Å². The highest BCUT2D eigenvalue weighted by molar-refractivity contribution is 5.97. The van der Waals surface area contributed by atoms with Gasteiger partial charge in [-0.3, -0.25) is 4.79 Å². The molecule has 0 atom stereocenters. The molecule has 1 aromatic rings. The number of methoxy groups -OCH3 is 1. The number of nitrogens with two attached hydrogens (primary N) is 1. The quantitative estimate of drug-likeness (QED) is 0.304. The van der Waals surface area contributed by atoms with Crippen LogP contribution in [0, 0.1) is 5.82 Å². The van der Waals surface area contributed by atoms with Crippen molar-refractivity contribution in [3.8, 4) is 0 Å². The molecule has 0 unspecified atom stereocenters. The van der Waals surface area contributed by atoms with Gasteiger partial charge in [0.2, 0.25) is 5.91 Å². The van der Waals surface area contributed by atoms with Crippen LogP contribution in [-0.4, -0.2) is 30.7 Å². The van der Waals surface area contributed by atoms with Crippen LogP contribution in [0.4, 0.5) is 4.39 Å². The van der Waals surface area contributed by atoms with E-state index in [9.17, 15) is 9.18 Å². The molecule has 6 nitrogen and oxygen atoms in total. The van der Waals surface area contributed by atoms with Crippen LogP contribution in [0.5, 0.6) is 0 Å². The van der Waals surface area contributed by atoms with Gasteiger partial charge in [0.05, 0.1) is 6.61 Å². The summed E-state index contributed by atoms with van der Waals surface area (Å²) in [4.78, 5) is 11.3. The summed E-state index contributed by atoms with van der Waals surface area (Å²) in [5.41, 5.74) is 5.93. The molecule has 1 aromatic carbocycles. The first-order chi connectivity index (χ1) is 9.08. The van der Waals surface area contributed by atoms with Crippen LogP contribution in [0.15, 0.2) is 23.4 Å². The van der Waals surface area contributed by atoms with E-state index in [0.717, 1.165) is 6.07 Å². The Morgan fingerprint density at radius 1 is 1.58 bits per heavy atom. The predicted molar refractivity (Wildman–Crippen MR) is 67.3 cm³/mol. The van der Waals surface area contributed by atoms with E-state index in [1.807, 2.05) is 0 Å². The van der Waals surface area contributed by atoms with Gasteiger partial charge in [0.15, 0.2) is 5.84 Å². The van der Waals surface area contributed by atoms with Gasteiger partial charge in [0.25, 0.3) is 0 Å². The Bertz CT molecular complexity index is 477. The summed E-state index contributed by atoms with van der Waals surface area (Å²) >= 11 is 0. The maximum atomic E-state index is 13.7. The Hall–Kier alpha value is -2.15. The van der Waals surface area contributed by atoms with Crippen molar-refractivity contribution in [3.05, 3.63) is 35.1 Å². The SMILES string of the molecule is COCCC(=O)NCc1ccc(/C(N)=N/O)cc1F. The summed E-state index contributed by atoms with van der Waals surface area (Å²) in [6, 6.07) is 4.12. The normalized spacial score (nSPS) is 11.4. The zero-order valence-electron chi connectivity index (χ0n) is 10.5. The van der Waals surface area contributed by atoms with Crippen LogP contribution < -0.4 is 11.1 Å². The van der Waals surface area contributed by atoms with Gasteiger partial charge in [0, 0.05) is 31.2 Å². The number of carbonyl (C=O) groups excluding carboxylic acids is 1. The molecule has 0 aliphatic carbocycles. The number of benzene rings is 1. The molecule has 19 heavy (non-hydrogen) atoms. The topological polar surface area (TPSA) is 96.9 Å². The number of oxime groups is 1. The molecule has 4 N–H and O–H groups in total. The van der Waals surface area contributed by atoms with Crippen molar-refractivity contribution in [2.24, 2.45) is 10.9 Å². The van der Waals surface area contributed by atoms with Crippen molar-refractivity contribution in [2.75, 3.05) is 13.7 Å². The fourth-order valence-electron chi connectivity index (χ4n) is 1.38. The van der Waals surface area contributed by atoms with Crippen molar-refractivity contribution in [1.29, 1.82) is 0 Å². The van der Waals surface area contributed by atoms with E-state index in [1.54, 1.807) is 0 Å². The average Bonchev–Trinajstić information content (AvgIpc) is 2.42. The summed E-state index contributed by atoms with van der Waals surface area (Å²) in [6.07, 6.45) is 0.223. The molecule has 104 valence electrons. The second-order valence-electron chi connectivity index (χ2n) is 3.81. The highest BCUT2D eigenvalue weighted by atomic mass is 19.1. The minimum absolute atomic E-state index is 0.0742. The third-order valence-electron chi connectivity index (χ3n) is 2.47. The van der Waals surface area contributed by atoms with Gasteiger partial charge in [0.1, 0.15) is 5.82 Å². The summed E-state index contributed by atoms with van der Waals surface area (Å²) in [5.74, 6) is -0.924. The molecule has 0 aromatic heterocycles. The smallest absolute Gasteiger partial charge is 0.222 e. The van der Waals surface area contributed by atoms with Crippen LogP contribution in [0.1, 0.15) is 17.5 Å². The van der Waals surface area contributed by atoms with Gasteiger partial charge in [-0.05, 0) is 6.07 Å². The van der Waals surface area contributed by atoms with Crippen molar-refractivity contribution < 1.29 is 19.1 Å². The molecule has 0 aliphatic heterocycles. The van der Waals surface area contributed by atoms with Crippen LogP contribution in [0.25, 0.3) is 0 Å². The minimum atomic E-state index is -0.531. The lowest BCUT2D eigenvalue weighted by atomic mass is 10.1. The van der Waals surface area contributed by atoms with Crippen LogP contribution in [0.2, 0.25) is 0 Å². The van der Waals surface area contributed by atoms with E-state index < -0.39 is 5.82 Å². The number of halogens is 1. The molecule has 7 heteroatoms. The Balaban J connectivity index is 2.63. The lowest BCUT2D eigenvalue weighted by Gasteiger charge is -2.07. The van der Waals surface area contributed by atoms with Gasteiger partial charge >= 0.3 is 0 Å². The standard InChI is InChI=1S/C12H16FN3O3/c1-19-5-4-11(17)15-7-9-3-2-8(6-10(9)13)12(14)16-18/h2-3,6,18H,4-5,7H2,1H3,(H2,14,16)(H,15,17). The fraction of sp³-hybridized carbons (Fsp3) is 0.333. The number of ether oxygens (including phenoxy) is 1. The summed E-state index contributed by atoms with van der Waals surface area (Å²) in [6.45, 7) is 0.390. The van der Waals surface area contributed by atoms with E-state index in [1.165, 1.54) is 19.2 Å². The number of rotatable bonds is 6. The molecule has 0 spiro atoms. The highest BCUT2D eigenvalue weighted by Gasteiger charge is 2.08. The van der Waals surface area contributed by atoms with E-state index >= 15 is 0 Å². The molecule has 1 amide bonds. The Morgan fingerprint density at radius 2 is 2.32 bits per heavy atom. The van der Waals surface area contributed by atoms with E-state index in [4.69, 9.17) is 15.7 Å². The largest absolute Gasteiger partial charge is 0.409 e. The Kier molecular flexibility index (Phi) is 5.74. The first-order valence-electron chi connectivity index (χ1n) is 5.60. The maximum Gasteiger partial charge on any atom is 0.222 e. The Labute approximate surface area is 110 Å². The molecule has 0 saturated carbocycles. The Morgan fingerprint density at radius 3 is 2.89 bits per heavy atom. The van der Waals surface area contributed by atoms with Crippen LogP contribution in [0.3, 0.4) is 0 Å². The number of hydrogen-bond donors (Lipinski definition) is 3. The second-order valence-corrected chi connectivity index (χ2v) is 3.81. The average molecular weight is 269 g/mol. The number of hydrogen-bond acceptors (Lipinski definition) is 4. The molecule has 0 aliphatic rings. The number of carbonyl (C=O) groups is 1. The van der Waals surface area contributed by atoms with Gasteiger partial charge in [-0.25, -0.2) is 4.39 Å². The zero-order valence-corrected chi connectivity index (χ0v) is 10.5. The van der Waals surface area contributed by atoms with Crippen LogP contribution in [-0.2, 0) is 16.1 Å². The summed E-state index contributed by atoms with van der Waals surface area (Å²) in [7, 11) is 1.50. The number of nitrogens with one attached hydrogen (secondary N) is 1. The summed E-state index contributed by atoms with van der Waals surface area (Å²) < 4.78 is 18.4. The van der Waals surface area contributed by atoms with Crippen molar-refractivity contribution >= 4 is 11.7 Å². The molecular weight excluding hydrogens is 253 g/mol. The molecule has 0 bridgehead atoms. The highest BCUT2D eigenvalue weighted by Crippen LogP contribution is 2.10. The number of amides is 1. The molecule has 1 rings (SSSR count). The monoisotopic (exact) mass is 269 g/mol. The van der Waals surface area contributed by atoms with Gasteiger partial charge < -0.3 is 21.0 Å². The third kappa shape index (κ3) is 4.55. The predicted octanol–water partition coefficient (Wildman–Crippen LogP) is 0.573. The van der Waals surface area contributed by atoms with E-state index in [-0.39, 0.29) is 30.3 Å². The number of nitrogens with zero attached hydrogens (tertiary/aromatic N) is 1.